The Hall–Kier alpha value is -2.89. The topological polar surface area (TPSA) is 58.9 Å². The molecular formula is C17H15NO5. The third kappa shape index (κ3) is 1.66. The molecule has 118 valence electrons. The Bertz CT molecular complexity index is 1010. The lowest BCUT2D eigenvalue weighted by atomic mass is 10.1. The molecule has 0 bridgehead atoms. The van der Waals surface area contributed by atoms with E-state index >= 15 is 0 Å². The van der Waals surface area contributed by atoms with Crippen molar-refractivity contribution in [1.82, 2.24) is 4.57 Å². The van der Waals surface area contributed by atoms with Gasteiger partial charge in [-0.25, -0.2) is 0 Å². The summed E-state index contributed by atoms with van der Waals surface area (Å²) in [6.07, 6.45) is 0. The summed E-state index contributed by atoms with van der Waals surface area (Å²) < 4.78 is 24.0. The molecule has 1 aliphatic heterocycles. The number of methoxy groups -OCH3 is 2. The maximum Gasteiger partial charge on any atom is 0.231 e. The second kappa shape index (κ2) is 4.81. The first-order valence-corrected chi connectivity index (χ1v) is 7.14. The maximum absolute atomic E-state index is 13.0. The third-order valence-electron chi connectivity index (χ3n) is 4.18. The molecule has 0 N–H and O–H groups in total. The Kier molecular flexibility index (Phi) is 2.87. The quantitative estimate of drug-likeness (QED) is 0.680. The number of aryl methyl sites for hydroxylation is 1. The minimum absolute atomic E-state index is 0.0784. The molecule has 23 heavy (non-hydrogen) atoms. The van der Waals surface area contributed by atoms with Gasteiger partial charge in [-0.15, -0.1) is 0 Å². The van der Waals surface area contributed by atoms with Gasteiger partial charge in [-0.3, -0.25) is 4.79 Å². The van der Waals surface area contributed by atoms with Gasteiger partial charge in [0.2, 0.25) is 23.7 Å². The number of pyridine rings is 1. The number of ether oxygens (including phenoxy) is 4. The summed E-state index contributed by atoms with van der Waals surface area (Å²) in [6.45, 7) is 0.0784. The lowest BCUT2D eigenvalue weighted by Gasteiger charge is -2.17. The Morgan fingerprint density at radius 1 is 1.04 bits per heavy atom. The summed E-state index contributed by atoms with van der Waals surface area (Å²) in [7, 11) is 4.91. The molecule has 0 fully saturated rings. The van der Waals surface area contributed by atoms with Crippen LogP contribution >= 0.6 is 0 Å². The number of hydrogen-bond donors (Lipinski definition) is 0. The summed E-state index contributed by atoms with van der Waals surface area (Å²) in [6, 6.07) is 7.43. The molecule has 4 rings (SSSR count). The number of rotatable bonds is 2. The van der Waals surface area contributed by atoms with Crippen LogP contribution in [0.5, 0.6) is 23.0 Å². The van der Waals surface area contributed by atoms with Crippen molar-refractivity contribution in [1.29, 1.82) is 0 Å². The number of aromatic nitrogens is 1. The van der Waals surface area contributed by atoms with Gasteiger partial charge < -0.3 is 23.5 Å². The first-order valence-electron chi connectivity index (χ1n) is 7.14. The second-order valence-corrected chi connectivity index (χ2v) is 5.26. The Morgan fingerprint density at radius 2 is 1.74 bits per heavy atom. The number of hydrogen-bond acceptors (Lipinski definition) is 5. The fourth-order valence-corrected chi connectivity index (χ4v) is 3.18. The van der Waals surface area contributed by atoms with Crippen molar-refractivity contribution in [2.75, 3.05) is 21.0 Å². The number of para-hydroxylation sites is 1. The highest BCUT2D eigenvalue weighted by Crippen LogP contribution is 2.52. The van der Waals surface area contributed by atoms with E-state index in [4.69, 9.17) is 18.9 Å². The fraction of sp³-hybridized carbons (Fsp3) is 0.235. The lowest BCUT2D eigenvalue weighted by molar-refractivity contribution is 0.171. The average Bonchev–Trinajstić information content (AvgIpc) is 3.06. The van der Waals surface area contributed by atoms with Gasteiger partial charge in [0.25, 0.3) is 0 Å². The van der Waals surface area contributed by atoms with E-state index in [1.54, 1.807) is 6.07 Å². The molecule has 0 unspecified atom stereocenters. The van der Waals surface area contributed by atoms with Gasteiger partial charge in [0.05, 0.1) is 25.1 Å². The summed E-state index contributed by atoms with van der Waals surface area (Å²) in [5, 5.41) is 1.04. The van der Waals surface area contributed by atoms with Crippen LogP contribution in [0.4, 0.5) is 0 Å². The zero-order chi connectivity index (χ0) is 16.1. The van der Waals surface area contributed by atoms with E-state index < -0.39 is 0 Å². The van der Waals surface area contributed by atoms with E-state index in [2.05, 4.69) is 0 Å². The van der Waals surface area contributed by atoms with Crippen LogP contribution in [0, 0.1) is 0 Å². The summed E-state index contributed by atoms with van der Waals surface area (Å²) in [5.41, 5.74) is 1.33. The van der Waals surface area contributed by atoms with Crippen molar-refractivity contribution in [2.24, 2.45) is 7.05 Å². The average molecular weight is 313 g/mol. The molecule has 0 radical (unpaired) electrons. The molecule has 0 saturated heterocycles. The van der Waals surface area contributed by atoms with Crippen LogP contribution in [0.25, 0.3) is 21.8 Å². The van der Waals surface area contributed by atoms with Crippen molar-refractivity contribution >= 4 is 21.8 Å². The molecule has 6 nitrogen and oxygen atoms in total. The predicted molar refractivity (Wildman–Crippen MR) is 85.9 cm³/mol. The van der Waals surface area contributed by atoms with Crippen LogP contribution in [0.2, 0.25) is 0 Å². The zero-order valence-electron chi connectivity index (χ0n) is 13.0. The van der Waals surface area contributed by atoms with Crippen LogP contribution < -0.4 is 24.4 Å². The van der Waals surface area contributed by atoms with Crippen molar-refractivity contribution in [3.05, 3.63) is 34.5 Å². The zero-order valence-corrected chi connectivity index (χ0v) is 13.0. The smallest absolute Gasteiger partial charge is 0.231 e. The lowest BCUT2D eigenvalue weighted by Crippen LogP contribution is -2.11. The van der Waals surface area contributed by atoms with Crippen LogP contribution in [0.1, 0.15) is 0 Å². The standard InChI is InChI=1S/C17H15NO5/c1-18-10-7-5-4-6-9(10)13(19)11-12(18)15-17(23-8-22-15)16(21-3)14(11)20-2/h4-7H,8H2,1-3H3. The molecule has 0 saturated carbocycles. The minimum atomic E-state index is -0.123. The van der Waals surface area contributed by atoms with Gasteiger partial charge in [0, 0.05) is 12.4 Å². The summed E-state index contributed by atoms with van der Waals surface area (Å²) >= 11 is 0. The van der Waals surface area contributed by atoms with Gasteiger partial charge in [0.15, 0.2) is 11.5 Å². The summed E-state index contributed by atoms with van der Waals surface area (Å²) in [4.78, 5) is 13.0. The summed E-state index contributed by atoms with van der Waals surface area (Å²) in [5.74, 6) is 1.70. The number of nitrogens with zero attached hydrogens (tertiary/aromatic N) is 1. The highest BCUT2D eigenvalue weighted by Gasteiger charge is 2.31. The normalized spacial score (nSPS) is 12.8. The van der Waals surface area contributed by atoms with Gasteiger partial charge in [-0.2, -0.15) is 0 Å². The van der Waals surface area contributed by atoms with Gasteiger partial charge in [-0.1, -0.05) is 12.1 Å². The molecule has 1 aliphatic rings. The number of benzene rings is 2. The minimum Gasteiger partial charge on any atom is -0.492 e. The van der Waals surface area contributed by atoms with Crippen molar-refractivity contribution < 1.29 is 18.9 Å². The van der Waals surface area contributed by atoms with E-state index in [1.165, 1.54) is 14.2 Å². The van der Waals surface area contributed by atoms with Crippen molar-refractivity contribution in [2.45, 2.75) is 0 Å². The maximum atomic E-state index is 13.0. The Balaban J connectivity index is 2.36. The van der Waals surface area contributed by atoms with Crippen LogP contribution in [0.3, 0.4) is 0 Å². The monoisotopic (exact) mass is 313 g/mol. The fourth-order valence-electron chi connectivity index (χ4n) is 3.18. The third-order valence-corrected chi connectivity index (χ3v) is 4.18. The predicted octanol–water partition coefficient (Wildman–Crippen LogP) is 2.44. The molecule has 1 aromatic heterocycles. The van der Waals surface area contributed by atoms with E-state index in [1.807, 2.05) is 29.8 Å². The SMILES string of the molecule is COc1c2c(c3c(c1OC)c(=O)c1ccccc1n3C)OCO2. The van der Waals surface area contributed by atoms with E-state index in [0.717, 1.165) is 5.52 Å². The molecule has 2 aromatic carbocycles. The van der Waals surface area contributed by atoms with Crippen LogP contribution in [-0.4, -0.2) is 25.6 Å². The first-order chi connectivity index (χ1) is 11.2. The Morgan fingerprint density at radius 3 is 2.48 bits per heavy atom. The largest absolute Gasteiger partial charge is 0.492 e. The van der Waals surface area contributed by atoms with Gasteiger partial charge >= 0.3 is 0 Å². The Labute approximate surface area is 131 Å². The molecule has 0 spiro atoms. The van der Waals surface area contributed by atoms with Crippen molar-refractivity contribution in [3.8, 4) is 23.0 Å². The number of fused-ring (bicyclic) bond motifs is 4. The first kappa shape index (κ1) is 13.8. The molecule has 2 heterocycles. The van der Waals surface area contributed by atoms with E-state index in [0.29, 0.717) is 39.3 Å². The van der Waals surface area contributed by atoms with Gasteiger partial charge in [-0.05, 0) is 12.1 Å². The van der Waals surface area contributed by atoms with Crippen LogP contribution in [0.15, 0.2) is 29.1 Å². The van der Waals surface area contributed by atoms with Gasteiger partial charge in [0.1, 0.15) is 5.52 Å². The highest BCUT2D eigenvalue weighted by atomic mass is 16.7. The molecule has 6 heteroatoms. The van der Waals surface area contributed by atoms with Crippen molar-refractivity contribution in [3.63, 3.8) is 0 Å². The molecular weight excluding hydrogens is 298 g/mol. The van der Waals surface area contributed by atoms with E-state index in [-0.39, 0.29) is 12.2 Å². The second-order valence-electron chi connectivity index (χ2n) is 5.26. The molecule has 3 aromatic rings. The molecule has 0 atom stereocenters. The highest BCUT2D eigenvalue weighted by molar-refractivity contribution is 6.03. The molecule has 0 aliphatic carbocycles. The van der Waals surface area contributed by atoms with Crippen LogP contribution in [-0.2, 0) is 7.05 Å². The molecule has 0 amide bonds. The van der Waals surface area contributed by atoms with E-state index in [9.17, 15) is 4.79 Å².